The van der Waals surface area contributed by atoms with Crippen molar-refractivity contribution in [3.05, 3.63) is 54.6 Å². The summed E-state index contributed by atoms with van der Waals surface area (Å²) in [4.78, 5) is 0. The van der Waals surface area contributed by atoms with E-state index in [9.17, 15) is 0 Å². The fraction of sp³-hybridized carbons (Fsp3) is 0.400. The van der Waals surface area contributed by atoms with E-state index < -0.39 is 0 Å². The van der Waals surface area contributed by atoms with Gasteiger partial charge in [0, 0.05) is 5.56 Å². The van der Waals surface area contributed by atoms with Crippen LogP contribution in [0.1, 0.15) is 32.6 Å². The van der Waals surface area contributed by atoms with Crippen molar-refractivity contribution in [2.75, 3.05) is 6.61 Å². The molecule has 1 aliphatic rings. The van der Waals surface area contributed by atoms with Crippen LogP contribution in [0.2, 0.25) is 0 Å². The molecule has 2 nitrogen and oxygen atoms in total. The third kappa shape index (κ3) is 3.89. The van der Waals surface area contributed by atoms with E-state index in [2.05, 4.69) is 37.3 Å². The average molecular weight is 296 g/mol. The minimum absolute atomic E-state index is 0.131. The van der Waals surface area contributed by atoms with Gasteiger partial charge in [-0.05, 0) is 31.4 Å². The lowest BCUT2D eigenvalue weighted by Crippen LogP contribution is -2.23. The fourth-order valence-corrected chi connectivity index (χ4v) is 3.05. The topological polar surface area (TPSA) is 18.5 Å². The highest BCUT2D eigenvalue weighted by Gasteiger charge is 2.18. The molecule has 0 amide bonds. The van der Waals surface area contributed by atoms with Crippen LogP contribution in [0.15, 0.2) is 54.6 Å². The Morgan fingerprint density at radius 3 is 2.41 bits per heavy atom. The fourth-order valence-electron chi connectivity index (χ4n) is 3.05. The summed E-state index contributed by atoms with van der Waals surface area (Å²) in [6.07, 6.45) is 5.56. The zero-order valence-electron chi connectivity index (χ0n) is 13.2. The Kier molecular flexibility index (Phi) is 5.12. The van der Waals surface area contributed by atoms with Crippen molar-refractivity contribution in [1.29, 1.82) is 0 Å². The molecular weight excluding hydrogens is 272 g/mol. The second-order valence-electron chi connectivity index (χ2n) is 6.03. The van der Waals surface area contributed by atoms with Gasteiger partial charge < -0.3 is 9.47 Å². The standard InChI is InChI=1S/C20H24O2/c1-16(22-18-11-5-6-12-18)15-21-20-14-8-7-13-19(20)17-9-3-2-4-10-17/h2-4,7-10,13-14,16,18H,5-6,11-12,15H2,1H3. The lowest BCUT2D eigenvalue weighted by atomic mass is 10.1. The van der Waals surface area contributed by atoms with Crippen LogP contribution in [0.3, 0.4) is 0 Å². The van der Waals surface area contributed by atoms with Crippen LogP contribution < -0.4 is 4.74 Å². The molecule has 1 unspecified atom stereocenters. The molecule has 0 aliphatic heterocycles. The van der Waals surface area contributed by atoms with Crippen molar-refractivity contribution < 1.29 is 9.47 Å². The van der Waals surface area contributed by atoms with Crippen molar-refractivity contribution in [3.8, 4) is 16.9 Å². The molecule has 3 rings (SSSR count). The van der Waals surface area contributed by atoms with Gasteiger partial charge >= 0.3 is 0 Å². The van der Waals surface area contributed by atoms with Crippen LogP contribution in [-0.2, 0) is 4.74 Å². The number of hydrogen-bond donors (Lipinski definition) is 0. The van der Waals surface area contributed by atoms with Crippen LogP contribution in [0, 0.1) is 0 Å². The molecule has 1 atom stereocenters. The number of rotatable bonds is 6. The van der Waals surface area contributed by atoms with Crippen LogP contribution in [0.4, 0.5) is 0 Å². The molecule has 0 N–H and O–H groups in total. The number of para-hydroxylation sites is 1. The molecule has 2 heteroatoms. The average Bonchev–Trinajstić information content (AvgIpc) is 3.07. The van der Waals surface area contributed by atoms with Gasteiger partial charge in [0.2, 0.25) is 0 Å². The Balaban J connectivity index is 1.63. The molecule has 0 heterocycles. The molecule has 1 fully saturated rings. The SMILES string of the molecule is CC(COc1ccccc1-c1ccccc1)OC1CCCC1. The van der Waals surface area contributed by atoms with Crippen molar-refractivity contribution >= 4 is 0 Å². The summed E-state index contributed by atoms with van der Waals surface area (Å²) < 4.78 is 12.1. The molecule has 0 saturated heterocycles. The smallest absolute Gasteiger partial charge is 0.127 e. The molecule has 116 valence electrons. The summed E-state index contributed by atoms with van der Waals surface area (Å²) in [6, 6.07) is 18.6. The first kappa shape index (κ1) is 15.1. The van der Waals surface area contributed by atoms with Gasteiger partial charge in [0.1, 0.15) is 12.4 Å². The summed E-state index contributed by atoms with van der Waals surface area (Å²) in [5.74, 6) is 0.926. The maximum atomic E-state index is 6.05. The second kappa shape index (κ2) is 7.46. The van der Waals surface area contributed by atoms with Crippen LogP contribution in [0.5, 0.6) is 5.75 Å². The van der Waals surface area contributed by atoms with Gasteiger partial charge in [-0.2, -0.15) is 0 Å². The number of ether oxygens (including phenoxy) is 2. The van der Waals surface area contributed by atoms with E-state index in [1.807, 2.05) is 24.3 Å². The molecule has 0 spiro atoms. The third-order valence-electron chi connectivity index (χ3n) is 4.17. The quantitative estimate of drug-likeness (QED) is 0.740. The summed E-state index contributed by atoms with van der Waals surface area (Å²) in [6.45, 7) is 2.70. The van der Waals surface area contributed by atoms with Gasteiger partial charge in [-0.1, -0.05) is 61.4 Å². The highest BCUT2D eigenvalue weighted by molar-refractivity contribution is 5.70. The van der Waals surface area contributed by atoms with Gasteiger partial charge in [0.25, 0.3) is 0 Å². The first-order valence-corrected chi connectivity index (χ1v) is 8.25. The zero-order valence-corrected chi connectivity index (χ0v) is 13.2. The predicted molar refractivity (Wildman–Crippen MR) is 90.2 cm³/mol. The van der Waals surface area contributed by atoms with Crippen LogP contribution in [0.25, 0.3) is 11.1 Å². The molecular formula is C20H24O2. The summed E-state index contributed by atoms with van der Waals surface area (Å²) in [5.41, 5.74) is 2.32. The van der Waals surface area contributed by atoms with E-state index in [4.69, 9.17) is 9.47 Å². The maximum Gasteiger partial charge on any atom is 0.127 e. The Labute approximate surface area is 133 Å². The molecule has 22 heavy (non-hydrogen) atoms. The van der Waals surface area contributed by atoms with Gasteiger partial charge in [-0.3, -0.25) is 0 Å². The molecule has 1 aliphatic carbocycles. The van der Waals surface area contributed by atoms with Crippen molar-refractivity contribution in [2.24, 2.45) is 0 Å². The van der Waals surface area contributed by atoms with E-state index >= 15 is 0 Å². The minimum Gasteiger partial charge on any atom is -0.490 e. The number of hydrogen-bond acceptors (Lipinski definition) is 2. The summed E-state index contributed by atoms with van der Waals surface area (Å²) >= 11 is 0. The van der Waals surface area contributed by atoms with E-state index in [-0.39, 0.29) is 6.10 Å². The second-order valence-corrected chi connectivity index (χ2v) is 6.03. The first-order valence-electron chi connectivity index (χ1n) is 8.25. The van der Waals surface area contributed by atoms with E-state index in [0.29, 0.717) is 12.7 Å². The van der Waals surface area contributed by atoms with Crippen molar-refractivity contribution in [2.45, 2.75) is 44.8 Å². The lowest BCUT2D eigenvalue weighted by molar-refractivity contribution is -0.0199. The minimum atomic E-state index is 0.131. The number of benzene rings is 2. The Hall–Kier alpha value is -1.80. The highest BCUT2D eigenvalue weighted by Crippen LogP contribution is 2.30. The Morgan fingerprint density at radius 1 is 0.955 bits per heavy atom. The first-order chi connectivity index (χ1) is 10.8. The van der Waals surface area contributed by atoms with Crippen molar-refractivity contribution in [1.82, 2.24) is 0 Å². The molecule has 2 aromatic rings. The van der Waals surface area contributed by atoms with Crippen LogP contribution >= 0.6 is 0 Å². The van der Waals surface area contributed by atoms with E-state index in [0.717, 1.165) is 11.3 Å². The van der Waals surface area contributed by atoms with Crippen molar-refractivity contribution in [3.63, 3.8) is 0 Å². The summed E-state index contributed by atoms with van der Waals surface area (Å²) in [5, 5.41) is 0. The summed E-state index contributed by atoms with van der Waals surface area (Å²) in [7, 11) is 0. The molecule has 0 aromatic heterocycles. The zero-order chi connectivity index (χ0) is 15.2. The van der Waals surface area contributed by atoms with Gasteiger partial charge in [0.15, 0.2) is 0 Å². The Bertz CT molecular complexity index is 573. The van der Waals surface area contributed by atoms with Gasteiger partial charge in [0.05, 0.1) is 12.2 Å². The molecule has 1 saturated carbocycles. The predicted octanol–water partition coefficient (Wildman–Crippen LogP) is 5.08. The maximum absolute atomic E-state index is 6.05. The van der Waals surface area contributed by atoms with Crippen LogP contribution in [-0.4, -0.2) is 18.8 Å². The van der Waals surface area contributed by atoms with Gasteiger partial charge in [-0.15, -0.1) is 0 Å². The molecule has 0 bridgehead atoms. The monoisotopic (exact) mass is 296 g/mol. The Morgan fingerprint density at radius 2 is 1.64 bits per heavy atom. The lowest BCUT2D eigenvalue weighted by Gasteiger charge is -2.20. The highest BCUT2D eigenvalue weighted by atomic mass is 16.5. The largest absolute Gasteiger partial charge is 0.490 e. The molecule has 2 aromatic carbocycles. The van der Waals surface area contributed by atoms with E-state index in [1.165, 1.54) is 31.2 Å². The normalized spacial score (nSPS) is 16.6. The van der Waals surface area contributed by atoms with Gasteiger partial charge in [-0.25, -0.2) is 0 Å². The van der Waals surface area contributed by atoms with E-state index in [1.54, 1.807) is 0 Å². The molecule has 0 radical (unpaired) electrons. The third-order valence-corrected chi connectivity index (χ3v) is 4.17.